The third-order valence-electron chi connectivity index (χ3n) is 5.57. The van der Waals surface area contributed by atoms with Gasteiger partial charge >= 0.3 is 0 Å². The first-order chi connectivity index (χ1) is 12.2. The Kier molecular flexibility index (Phi) is 3.42. The van der Waals surface area contributed by atoms with E-state index in [4.69, 9.17) is 10.4 Å². The Morgan fingerprint density at radius 3 is 2.92 bits per heavy atom. The standard InChI is InChI=1S/C17H19N5O2S/c18-16-15(14(23)10-3-4-11-13(7-10)22-24-21-11)25-17(20-16)19-12-6-8-1-2-9(12)5-8/h3-4,7-9,12,14,23H,1-2,5-6,18H2,(H,19,20)/t8?,9?,12-,14?/m0/s1. The van der Waals surface area contributed by atoms with Crippen LogP contribution in [0.5, 0.6) is 0 Å². The molecule has 0 aliphatic heterocycles. The van der Waals surface area contributed by atoms with Crippen molar-refractivity contribution in [3.05, 3.63) is 28.6 Å². The van der Waals surface area contributed by atoms with Crippen LogP contribution in [0, 0.1) is 11.8 Å². The zero-order chi connectivity index (χ0) is 17.0. The second kappa shape index (κ2) is 5.67. The molecule has 0 saturated heterocycles. The van der Waals surface area contributed by atoms with E-state index in [0.717, 1.165) is 17.0 Å². The highest BCUT2D eigenvalue weighted by atomic mass is 32.1. The molecule has 2 saturated carbocycles. The van der Waals surface area contributed by atoms with Crippen molar-refractivity contribution in [3.63, 3.8) is 0 Å². The van der Waals surface area contributed by atoms with Gasteiger partial charge in [0.25, 0.3) is 0 Å². The van der Waals surface area contributed by atoms with E-state index >= 15 is 0 Å². The maximum atomic E-state index is 10.7. The van der Waals surface area contributed by atoms with E-state index in [9.17, 15) is 5.11 Å². The molecule has 2 heterocycles. The third kappa shape index (κ3) is 2.56. The molecule has 2 bridgehead atoms. The van der Waals surface area contributed by atoms with Crippen molar-refractivity contribution in [2.75, 3.05) is 11.1 Å². The predicted molar refractivity (Wildman–Crippen MR) is 95.3 cm³/mol. The van der Waals surface area contributed by atoms with Gasteiger partial charge in [0.1, 0.15) is 23.0 Å². The molecule has 2 fully saturated rings. The van der Waals surface area contributed by atoms with Crippen molar-refractivity contribution < 1.29 is 9.74 Å². The fourth-order valence-corrected chi connectivity index (χ4v) is 5.26. The number of benzene rings is 1. The Morgan fingerprint density at radius 1 is 1.24 bits per heavy atom. The van der Waals surface area contributed by atoms with Crippen LogP contribution >= 0.6 is 11.3 Å². The normalized spacial score (nSPS) is 26.4. The number of fused-ring (bicyclic) bond motifs is 3. The number of nitrogens with one attached hydrogen (secondary N) is 1. The summed E-state index contributed by atoms with van der Waals surface area (Å²) in [4.78, 5) is 5.09. The van der Waals surface area contributed by atoms with Crippen LogP contribution in [0.2, 0.25) is 0 Å². The first kappa shape index (κ1) is 15.1. The van der Waals surface area contributed by atoms with Crippen LogP contribution in [0.1, 0.15) is 42.2 Å². The van der Waals surface area contributed by atoms with E-state index in [0.29, 0.717) is 33.3 Å². The summed E-state index contributed by atoms with van der Waals surface area (Å²) >= 11 is 1.43. The lowest BCUT2D eigenvalue weighted by Gasteiger charge is -2.22. The summed E-state index contributed by atoms with van der Waals surface area (Å²) < 4.78 is 4.71. The number of nitrogen functional groups attached to an aromatic ring is 1. The minimum absolute atomic E-state index is 0.376. The summed E-state index contributed by atoms with van der Waals surface area (Å²) in [6.45, 7) is 0. The number of anilines is 2. The van der Waals surface area contributed by atoms with Crippen molar-refractivity contribution in [1.29, 1.82) is 0 Å². The van der Waals surface area contributed by atoms with E-state index in [1.165, 1.54) is 37.0 Å². The van der Waals surface area contributed by atoms with Gasteiger partial charge in [-0.15, -0.1) is 0 Å². The van der Waals surface area contributed by atoms with Crippen molar-refractivity contribution >= 4 is 33.3 Å². The van der Waals surface area contributed by atoms with Gasteiger partial charge in [-0.3, -0.25) is 0 Å². The Bertz CT molecular complexity index is 923. The molecule has 4 atom stereocenters. The molecule has 2 aliphatic carbocycles. The Morgan fingerprint density at radius 2 is 2.12 bits per heavy atom. The van der Waals surface area contributed by atoms with Crippen LogP contribution < -0.4 is 11.1 Å². The van der Waals surface area contributed by atoms with Gasteiger partial charge in [-0.1, -0.05) is 23.8 Å². The average molecular weight is 357 g/mol. The lowest BCUT2D eigenvalue weighted by molar-refractivity contribution is 0.225. The van der Waals surface area contributed by atoms with Gasteiger partial charge in [0.05, 0.1) is 4.88 Å². The zero-order valence-corrected chi connectivity index (χ0v) is 14.4. The molecular weight excluding hydrogens is 338 g/mol. The average Bonchev–Trinajstić information content (AvgIpc) is 3.37. The van der Waals surface area contributed by atoms with Crippen molar-refractivity contribution in [2.24, 2.45) is 11.8 Å². The highest BCUT2D eigenvalue weighted by Crippen LogP contribution is 2.46. The molecule has 2 aromatic heterocycles. The molecule has 3 aromatic rings. The van der Waals surface area contributed by atoms with Gasteiger partial charge in [-0.05, 0) is 59.1 Å². The van der Waals surface area contributed by atoms with Crippen LogP contribution in [0.4, 0.5) is 10.9 Å². The van der Waals surface area contributed by atoms with E-state index in [2.05, 4.69) is 20.6 Å². The van der Waals surface area contributed by atoms with E-state index < -0.39 is 6.10 Å². The van der Waals surface area contributed by atoms with E-state index in [1.807, 2.05) is 0 Å². The molecule has 0 amide bonds. The number of hydrogen-bond acceptors (Lipinski definition) is 8. The number of thiazole rings is 1. The van der Waals surface area contributed by atoms with Crippen LogP contribution in [-0.2, 0) is 0 Å². The summed E-state index contributed by atoms with van der Waals surface area (Å²) in [6, 6.07) is 5.83. The van der Waals surface area contributed by atoms with Crippen molar-refractivity contribution in [1.82, 2.24) is 15.3 Å². The van der Waals surface area contributed by atoms with E-state index in [1.54, 1.807) is 18.2 Å². The lowest BCUT2D eigenvalue weighted by Crippen LogP contribution is -2.25. The number of aromatic nitrogens is 3. The molecule has 1 aromatic carbocycles. The largest absolute Gasteiger partial charge is 0.383 e. The molecule has 0 radical (unpaired) electrons. The van der Waals surface area contributed by atoms with Gasteiger partial charge in [0.15, 0.2) is 5.13 Å². The van der Waals surface area contributed by atoms with Gasteiger partial charge in [0, 0.05) is 6.04 Å². The van der Waals surface area contributed by atoms with Crippen molar-refractivity contribution in [2.45, 2.75) is 37.8 Å². The molecular formula is C17H19N5O2S. The molecule has 8 heteroatoms. The Hall–Kier alpha value is -2.19. The minimum atomic E-state index is -0.839. The fraction of sp³-hybridized carbons (Fsp3) is 0.471. The topological polar surface area (TPSA) is 110 Å². The maximum absolute atomic E-state index is 10.7. The second-order valence-electron chi connectivity index (χ2n) is 7.11. The van der Waals surface area contributed by atoms with E-state index in [-0.39, 0.29) is 0 Å². The smallest absolute Gasteiger partial charge is 0.185 e. The molecule has 5 rings (SSSR count). The second-order valence-corrected chi connectivity index (χ2v) is 8.14. The van der Waals surface area contributed by atoms with Crippen LogP contribution in [0.15, 0.2) is 22.8 Å². The molecule has 4 N–H and O–H groups in total. The Balaban J connectivity index is 1.38. The number of aliphatic hydroxyl groups excluding tert-OH is 1. The third-order valence-corrected chi connectivity index (χ3v) is 6.62. The zero-order valence-electron chi connectivity index (χ0n) is 13.6. The van der Waals surface area contributed by atoms with Crippen LogP contribution in [-0.4, -0.2) is 26.4 Å². The monoisotopic (exact) mass is 357 g/mol. The minimum Gasteiger partial charge on any atom is -0.383 e. The number of hydrogen-bond donors (Lipinski definition) is 3. The van der Waals surface area contributed by atoms with Crippen LogP contribution in [0.3, 0.4) is 0 Å². The number of nitrogens with two attached hydrogens (primary N) is 1. The fourth-order valence-electron chi connectivity index (χ4n) is 4.30. The SMILES string of the molecule is Nc1nc(N[C@H]2CC3CCC2C3)sc1C(O)c1ccc2nonc2c1. The summed E-state index contributed by atoms with van der Waals surface area (Å²) in [5, 5.41) is 22.7. The summed E-state index contributed by atoms with van der Waals surface area (Å²) in [7, 11) is 0. The van der Waals surface area contributed by atoms with Crippen molar-refractivity contribution in [3.8, 4) is 0 Å². The highest BCUT2D eigenvalue weighted by molar-refractivity contribution is 7.16. The maximum Gasteiger partial charge on any atom is 0.185 e. The number of nitrogens with zero attached hydrogens (tertiary/aromatic N) is 3. The molecule has 2 aliphatic rings. The van der Waals surface area contributed by atoms with Gasteiger partial charge in [0.2, 0.25) is 0 Å². The first-order valence-electron chi connectivity index (χ1n) is 8.60. The predicted octanol–water partition coefficient (Wildman–Crippen LogP) is 2.94. The molecule has 25 heavy (non-hydrogen) atoms. The quantitative estimate of drug-likeness (QED) is 0.658. The molecule has 7 nitrogen and oxygen atoms in total. The molecule has 3 unspecified atom stereocenters. The molecule has 0 spiro atoms. The first-order valence-corrected chi connectivity index (χ1v) is 9.42. The highest BCUT2D eigenvalue weighted by Gasteiger charge is 2.39. The number of aliphatic hydroxyl groups is 1. The molecule has 130 valence electrons. The summed E-state index contributed by atoms with van der Waals surface area (Å²) in [5.74, 6) is 2.00. The Labute approximate surface area is 148 Å². The van der Waals surface area contributed by atoms with Gasteiger partial charge in [-0.2, -0.15) is 0 Å². The van der Waals surface area contributed by atoms with Gasteiger partial charge in [-0.25, -0.2) is 9.61 Å². The van der Waals surface area contributed by atoms with Crippen LogP contribution in [0.25, 0.3) is 11.0 Å². The number of rotatable bonds is 4. The summed E-state index contributed by atoms with van der Waals surface area (Å²) in [6.07, 6.45) is 4.39. The summed E-state index contributed by atoms with van der Waals surface area (Å²) in [5.41, 5.74) is 8.04. The lowest BCUT2D eigenvalue weighted by atomic mass is 9.96. The van der Waals surface area contributed by atoms with Gasteiger partial charge < -0.3 is 16.2 Å².